The normalized spacial score (nSPS) is 36.3. The number of hydrogen-bond donors (Lipinski definition) is 1. The zero-order valence-corrected chi connectivity index (χ0v) is 6.18. The van der Waals surface area contributed by atoms with Crippen molar-refractivity contribution in [1.82, 2.24) is 0 Å². The molecule has 0 amide bonds. The average Bonchev–Trinajstić information content (AvgIpc) is 2.72. The quantitative estimate of drug-likeness (QED) is 0.590. The van der Waals surface area contributed by atoms with Crippen molar-refractivity contribution in [1.29, 1.82) is 0 Å². The Morgan fingerprint density at radius 3 is 2.60 bits per heavy atom. The first-order valence-electron chi connectivity index (χ1n) is 4.09. The minimum absolute atomic E-state index is 0.297. The van der Waals surface area contributed by atoms with Gasteiger partial charge in [-0.25, -0.2) is 0 Å². The molecule has 0 aromatic heterocycles. The molecule has 58 valence electrons. The lowest BCUT2D eigenvalue weighted by atomic mass is 9.98. The summed E-state index contributed by atoms with van der Waals surface area (Å²) in [6, 6.07) is 0. The van der Waals surface area contributed by atoms with E-state index in [-0.39, 0.29) is 0 Å². The van der Waals surface area contributed by atoms with Gasteiger partial charge >= 0.3 is 0 Å². The molecule has 0 radical (unpaired) electrons. The maximum Gasteiger partial charge on any atom is 0.0685 e. The summed E-state index contributed by atoms with van der Waals surface area (Å²) >= 11 is 0. The second-order valence-electron chi connectivity index (χ2n) is 3.58. The van der Waals surface area contributed by atoms with Crippen LogP contribution in [0.2, 0.25) is 0 Å². The van der Waals surface area contributed by atoms with E-state index in [0.29, 0.717) is 18.1 Å². The summed E-state index contributed by atoms with van der Waals surface area (Å²) in [6.07, 6.45) is 4.85. The van der Waals surface area contributed by atoms with Crippen LogP contribution in [0.25, 0.3) is 0 Å². The van der Waals surface area contributed by atoms with Crippen LogP contribution in [0.1, 0.15) is 25.7 Å². The third-order valence-corrected chi connectivity index (χ3v) is 2.70. The fraction of sp³-hybridized carbons (Fsp3) is 1.00. The summed E-state index contributed by atoms with van der Waals surface area (Å²) in [7, 11) is 0. The van der Waals surface area contributed by atoms with Crippen molar-refractivity contribution in [2.75, 3.05) is 13.2 Å². The Morgan fingerprint density at radius 1 is 1.40 bits per heavy atom. The molecule has 1 saturated carbocycles. The highest BCUT2D eigenvalue weighted by atomic mass is 16.5. The van der Waals surface area contributed by atoms with Gasteiger partial charge in [-0.1, -0.05) is 0 Å². The van der Waals surface area contributed by atoms with Crippen LogP contribution >= 0.6 is 0 Å². The molecule has 2 rings (SSSR count). The summed E-state index contributed by atoms with van der Waals surface area (Å²) in [5.41, 5.74) is 0.297. The smallest absolute Gasteiger partial charge is 0.0685 e. The van der Waals surface area contributed by atoms with Gasteiger partial charge in [0.25, 0.3) is 0 Å². The number of ether oxygens (including phenoxy) is 1. The van der Waals surface area contributed by atoms with Crippen LogP contribution in [0.5, 0.6) is 0 Å². The summed E-state index contributed by atoms with van der Waals surface area (Å²) in [5.74, 6) is 0.422. The minimum atomic E-state index is 0.297. The van der Waals surface area contributed by atoms with Gasteiger partial charge in [0.2, 0.25) is 0 Å². The Bertz CT molecular complexity index is 119. The fourth-order valence-corrected chi connectivity index (χ4v) is 1.60. The summed E-state index contributed by atoms with van der Waals surface area (Å²) in [5, 5.41) is 8.80. The molecule has 1 atom stereocenters. The number of aliphatic hydroxyl groups excluding tert-OH is 1. The molecule has 0 aromatic carbocycles. The van der Waals surface area contributed by atoms with E-state index in [2.05, 4.69) is 0 Å². The molecule has 2 aliphatic rings. The summed E-state index contributed by atoms with van der Waals surface area (Å²) < 4.78 is 5.62. The molecule has 1 heterocycles. The predicted molar refractivity (Wildman–Crippen MR) is 37.7 cm³/mol. The van der Waals surface area contributed by atoms with Crippen molar-refractivity contribution in [3.8, 4) is 0 Å². The van der Waals surface area contributed by atoms with Crippen molar-refractivity contribution in [2.45, 2.75) is 31.3 Å². The maximum atomic E-state index is 8.80. The van der Waals surface area contributed by atoms with Crippen molar-refractivity contribution < 1.29 is 9.84 Å². The molecular weight excluding hydrogens is 128 g/mol. The largest absolute Gasteiger partial charge is 0.396 e. The Kier molecular flexibility index (Phi) is 1.46. The minimum Gasteiger partial charge on any atom is -0.396 e. The molecular formula is C8H14O2. The topological polar surface area (TPSA) is 29.5 Å². The van der Waals surface area contributed by atoms with Gasteiger partial charge in [0, 0.05) is 12.5 Å². The number of hydrogen-bond acceptors (Lipinski definition) is 2. The molecule has 0 bridgehead atoms. The van der Waals surface area contributed by atoms with E-state index in [9.17, 15) is 0 Å². The van der Waals surface area contributed by atoms with Crippen LogP contribution in [0.4, 0.5) is 0 Å². The van der Waals surface area contributed by atoms with Gasteiger partial charge < -0.3 is 9.84 Å². The van der Waals surface area contributed by atoms with Crippen LogP contribution in [-0.2, 0) is 4.74 Å². The highest BCUT2D eigenvalue weighted by Gasteiger charge is 2.46. The molecule has 1 spiro atoms. The molecule has 2 nitrogen and oxygen atoms in total. The zero-order chi connectivity index (χ0) is 7.03. The third-order valence-electron chi connectivity index (χ3n) is 2.70. The SMILES string of the molecule is OC[C@H]1CCC2(CC2)OC1. The molecule has 0 unspecified atom stereocenters. The van der Waals surface area contributed by atoms with Gasteiger partial charge in [0.05, 0.1) is 12.2 Å². The van der Waals surface area contributed by atoms with Crippen LogP contribution in [0.3, 0.4) is 0 Å². The molecule has 2 fully saturated rings. The Balaban J connectivity index is 1.84. The first-order chi connectivity index (χ1) is 4.85. The Labute approximate surface area is 61.2 Å². The monoisotopic (exact) mass is 142 g/mol. The average molecular weight is 142 g/mol. The highest BCUT2D eigenvalue weighted by molar-refractivity contribution is 4.98. The van der Waals surface area contributed by atoms with Crippen LogP contribution in [0.15, 0.2) is 0 Å². The standard InChI is InChI=1S/C8H14O2/c9-5-7-1-2-8(3-4-8)10-6-7/h7,9H,1-6H2/t7-/m1/s1. The Hall–Kier alpha value is -0.0800. The summed E-state index contributed by atoms with van der Waals surface area (Å²) in [6.45, 7) is 1.09. The first kappa shape index (κ1) is 6.62. The van der Waals surface area contributed by atoms with Gasteiger partial charge in [0.15, 0.2) is 0 Å². The lowest BCUT2D eigenvalue weighted by Gasteiger charge is -2.27. The fourth-order valence-electron chi connectivity index (χ4n) is 1.60. The van der Waals surface area contributed by atoms with Crippen molar-refractivity contribution in [2.24, 2.45) is 5.92 Å². The summed E-state index contributed by atoms with van der Waals surface area (Å²) in [4.78, 5) is 0. The van der Waals surface area contributed by atoms with E-state index in [4.69, 9.17) is 9.84 Å². The van der Waals surface area contributed by atoms with Crippen LogP contribution in [-0.4, -0.2) is 23.9 Å². The van der Waals surface area contributed by atoms with E-state index >= 15 is 0 Å². The number of aliphatic hydroxyl groups is 1. The van der Waals surface area contributed by atoms with Crippen molar-refractivity contribution >= 4 is 0 Å². The Morgan fingerprint density at radius 2 is 2.20 bits per heavy atom. The zero-order valence-electron chi connectivity index (χ0n) is 6.18. The molecule has 10 heavy (non-hydrogen) atoms. The maximum absolute atomic E-state index is 8.80. The van der Waals surface area contributed by atoms with E-state index in [1.807, 2.05) is 0 Å². The lowest BCUT2D eigenvalue weighted by molar-refractivity contribution is -0.0464. The number of rotatable bonds is 1. The molecule has 2 heteroatoms. The molecule has 0 aromatic rings. The van der Waals surface area contributed by atoms with Gasteiger partial charge in [-0.2, -0.15) is 0 Å². The van der Waals surface area contributed by atoms with E-state index in [0.717, 1.165) is 13.0 Å². The predicted octanol–water partition coefficient (Wildman–Crippen LogP) is 0.938. The van der Waals surface area contributed by atoms with E-state index < -0.39 is 0 Å². The van der Waals surface area contributed by atoms with Crippen molar-refractivity contribution in [3.05, 3.63) is 0 Å². The van der Waals surface area contributed by atoms with Crippen molar-refractivity contribution in [3.63, 3.8) is 0 Å². The second-order valence-corrected chi connectivity index (χ2v) is 3.58. The molecule has 1 N–H and O–H groups in total. The van der Waals surface area contributed by atoms with Gasteiger partial charge in [-0.15, -0.1) is 0 Å². The molecule has 1 aliphatic heterocycles. The third kappa shape index (κ3) is 1.06. The van der Waals surface area contributed by atoms with E-state index in [1.54, 1.807) is 0 Å². The van der Waals surface area contributed by atoms with Crippen LogP contribution in [0, 0.1) is 5.92 Å². The molecule has 1 aliphatic carbocycles. The van der Waals surface area contributed by atoms with Gasteiger partial charge in [-0.3, -0.25) is 0 Å². The lowest BCUT2D eigenvalue weighted by Crippen LogP contribution is -2.28. The first-order valence-corrected chi connectivity index (χ1v) is 4.09. The van der Waals surface area contributed by atoms with Gasteiger partial charge in [-0.05, 0) is 25.7 Å². The van der Waals surface area contributed by atoms with Crippen LogP contribution < -0.4 is 0 Å². The molecule has 1 saturated heterocycles. The highest BCUT2D eigenvalue weighted by Crippen LogP contribution is 2.47. The van der Waals surface area contributed by atoms with E-state index in [1.165, 1.54) is 19.3 Å². The second kappa shape index (κ2) is 2.21. The van der Waals surface area contributed by atoms with Gasteiger partial charge in [0.1, 0.15) is 0 Å².